The molecular formula is C19H30O4S. The Morgan fingerprint density at radius 3 is 2.50 bits per heavy atom. The van der Waals surface area contributed by atoms with E-state index in [9.17, 15) is 8.42 Å². The maximum absolute atomic E-state index is 12.7. The van der Waals surface area contributed by atoms with Crippen molar-refractivity contribution in [2.75, 3.05) is 26.1 Å². The Morgan fingerprint density at radius 2 is 1.92 bits per heavy atom. The molecule has 0 unspecified atom stereocenters. The molecule has 1 fully saturated rings. The summed E-state index contributed by atoms with van der Waals surface area (Å²) in [7, 11) is -1.73. The highest BCUT2D eigenvalue weighted by molar-refractivity contribution is 7.91. The molecule has 0 aromatic heterocycles. The van der Waals surface area contributed by atoms with Crippen LogP contribution >= 0.6 is 0 Å². The van der Waals surface area contributed by atoms with E-state index in [1.165, 1.54) is 0 Å². The largest absolute Gasteiger partial charge is 0.497 e. The Morgan fingerprint density at radius 1 is 1.21 bits per heavy atom. The van der Waals surface area contributed by atoms with Gasteiger partial charge in [0, 0.05) is 6.61 Å². The molecule has 2 rings (SSSR count). The van der Waals surface area contributed by atoms with Gasteiger partial charge in [-0.15, -0.1) is 0 Å². The van der Waals surface area contributed by atoms with Gasteiger partial charge in [0.2, 0.25) is 0 Å². The molecule has 136 valence electrons. The minimum Gasteiger partial charge on any atom is -0.497 e. The van der Waals surface area contributed by atoms with Gasteiger partial charge < -0.3 is 9.47 Å². The maximum atomic E-state index is 12.7. The monoisotopic (exact) mass is 354 g/mol. The number of benzene rings is 1. The van der Waals surface area contributed by atoms with Crippen LogP contribution in [0, 0.1) is 10.8 Å². The van der Waals surface area contributed by atoms with Crippen molar-refractivity contribution in [3.63, 3.8) is 0 Å². The van der Waals surface area contributed by atoms with Crippen molar-refractivity contribution in [3.8, 4) is 5.75 Å². The number of methoxy groups -OCH3 is 1. The SMILES string of the molecule is COc1cccc(S(=O)(=O)CC2(CCCOCC(C)(C)C)CC2)c1. The first-order valence-corrected chi connectivity index (χ1v) is 10.3. The molecule has 0 saturated heterocycles. The van der Waals surface area contributed by atoms with Gasteiger partial charge in [0.1, 0.15) is 5.75 Å². The van der Waals surface area contributed by atoms with Crippen molar-refractivity contribution in [1.29, 1.82) is 0 Å². The Bertz CT molecular complexity index is 640. The van der Waals surface area contributed by atoms with Crippen molar-refractivity contribution >= 4 is 9.84 Å². The van der Waals surface area contributed by atoms with Crippen molar-refractivity contribution in [2.24, 2.45) is 10.8 Å². The highest BCUT2D eigenvalue weighted by Gasteiger charge is 2.45. The third-order valence-corrected chi connectivity index (χ3v) is 6.35. The molecule has 1 aromatic carbocycles. The molecule has 0 N–H and O–H groups in total. The van der Waals surface area contributed by atoms with Crippen molar-refractivity contribution in [3.05, 3.63) is 24.3 Å². The lowest BCUT2D eigenvalue weighted by Gasteiger charge is -2.19. The van der Waals surface area contributed by atoms with Crippen LogP contribution < -0.4 is 4.74 Å². The molecule has 0 atom stereocenters. The fourth-order valence-corrected chi connectivity index (χ4v) is 4.84. The van der Waals surface area contributed by atoms with Crippen LogP contribution in [0.4, 0.5) is 0 Å². The van der Waals surface area contributed by atoms with Crippen LogP contribution in [0.3, 0.4) is 0 Å². The summed E-state index contributed by atoms with van der Waals surface area (Å²) in [6.45, 7) is 7.89. The fraction of sp³-hybridized carbons (Fsp3) is 0.684. The fourth-order valence-electron chi connectivity index (χ4n) is 2.85. The molecule has 0 amide bonds. The Balaban J connectivity index is 1.87. The van der Waals surface area contributed by atoms with E-state index < -0.39 is 9.84 Å². The Kier molecular flexibility index (Phi) is 5.97. The van der Waals surface area contributed by atoms with Gasteiger partial charge in [0.25, 0.3) is 0 Å². The van der Waals surface area contributed by atoms with E-state index in [2.05, 4.69) is 20.8 Å². The van der Waals surface area contributed by atoms with Gasteiger partial charge in [0.15, 0.2) is 9.84 Å². The summed E-state index contributed by atoms with van der Waals surface area (Å²) in [6.07, 6.45) is 3.83. The summed E-state index contributed by atoms with van der Waals surface area (Å²) in [5.41, 5.74) is 0.125. The number of rotatable bonds is 9. The van der Waals surface area contributed by atoms with Gasteiger partial charge in [-0.1, -0.05) is 26.8 Å². The summed E-state index contributed by atoms with van der Waals surface area (Å²) >= 11 is 0. The predicted molar refractivity (Wildman–Crippen MR) is 96.2 cm³/mol. The van der Waals surface area contributed by atoms with Crippen LogP contribution in [0.2, 0.25) is 0 Å². The van der Waals surface area contributed by atoms with E-state index in [-0.39, 0.29) is 16.6 Å². The second-order valence-electron chi connectivity index (χ2n) is 8.15. The molecule has 0 aliphatic heterocycles. The minimum absolute atomic E-state index is 0.0486. The van der Waals surface area contributed by atoms with Gasteiger partial charge in [-0.3, -0.25) is 0 Å². The molecular weight excluding hydrogens is 324 g/mol. The smallest absolute Gasteiger partial charge is 0.179 e. The second-order valence-corrected chi connectivity index (χ2v) is 10.1. The van der Waals surface area contributed by atoms with Crippen LogP contribution in [-0.2, 0) is 14.6 Å². The molecule has 0 bridgehead atoms. The van der Waals surface area contributed by atoms with Crippen LogP contribution in [0.15, 0.2) is 29.2 Å². The number of hydrogen-bond acceptors (Lipinski definition) is 4. The maximum Gasteiger partial charge on any atom is 0.179 e. The molecule has 24 heavy (non-hydrogen) atoms. The third kappa shape index (κ3) is 5.78. The van der Waals surface area contributed by atoms with E-state index in [0.717, 1.165) is 32.3 Å². The van der Waals surface area contributed by atoms with E-state index >= 15 is 0 Å². The zero-order valence-corrected chi connectivity index (χ0v) is 16.1. The van der Waals surface area contributed by atoms with Gasteiger partial charge in [-0.2, -0.15) is 0 Å². The standard InChI is InChI=1S/C19H30O4S/c1-18(2,3)14-23-12-6-9-19(10-11-19)15-24(20,21)17-8-5-7-16(13-17)22-4/h5,7-8,13H,6,9-12,14-15H2,1-4H3. The molecule has 1 aliphatic carbocycles. The highest BCUT2D eigenvalue weighted by atomic mass is 32.2. The number of hydrogen-bond donors (Lipinski definition) is 0. The van der Waals surface area contributed by atoms with E-state index in [4.69, 9.17) is 9.47 Å². The summed E-state index contributed by atoms with van der Waals surface area (Å²) in [4.78, 5) is 0.358. The second kappa shape index (κ2) is 7.44. The first-order chi connectivity index (χ1) is 11.2. The summed E-state index contributed by atoms with van der Waals surface area (Å²) in [5, 5.41) is 0. The Labute approximate surface area is 146 Å². The average Bonchev–Trinajstić information content (AvgIpc) is 3.24. The Hall–Kier alpha value is -1.07. The lowest BCUT2D eigenvalue weighted by molar-refractivity contribution is 0.0667. The lowest BCUT2D eigenvalue weighted by atomic mass is 9.98. The van der Waals surface area contributed by atoms with Gasteiger partial charge in [-0.05, 0) is 54.7 Å². The van der Waals surface area contributed by atoms with E-state index in [0.29, 0.717) is 17.3 Å². The molecule has 0 spiro atoms. The quantitative estimate of drug-likeness (QED) is 0.627. The number of ether oxygens (including phenoxy) is 2. The third-order valence-electron chi connectivity index (χ3n) is 4.38. The van der Waals surface area contributed by atoms with Gasteiger partial charge >= 0.3 is 0 Å². The molecule has 4 nitrogen and oxygen atoms in total. The van der Waals surface area contributed by atoms with E-state index in [1.807, 2.05) is 0 Å². The summed E-state index contributed by atoms with van der Waals surface area (Å²) in [5.74, 6) is 0.809. The molecule has 0 heterocycles. The van der Waals surface area contributed by atoms with Crippen LogP contribution in [0.5, 0.6) is 5.75 Å². The zero-order chi connectivity index (χ0) is 17.8. The van der Waals surface area contributed by atoms with Crippen LogP contribution in [0.1, 0.15) is 46.5 Å². The number of sulfone groups is 1. The van der Waals surface area contributed by atoms with Crippen LogP contribution in [-0.4, -0.2) is 34.5 Å². The van der Waals surface area contributed by atoms with Gasteiger partial charge in [0.05, 0.1) is 24.4 Å². The summed E-state index contributed by atoms with van der Waals surface area (Å²) in [6, 6.07) is 6.75. The van der Waals surface area contributed by atoms with Crippen molar-refractivity contribution < 1.29 is 17.9 Å². The zero-order valence-electron chi connectivity index (χ0n) is 15.3. The van der Waals surface area contributed by atoms with Crippen LogP contribution in [0.25, 0.3) is 0 Å². The molecule has 0 radical (unpaired) electrons. The van der Waals surface area contributed by atoms with E-state index in [1.54, 1.807) is 31.4 Å². The van der Waals surface area contributed by atoms with Gasteiger partial charge in [-0.25, -0.2) is 8.42 Å². The molecule has 1 aromatic rings. The van der Waals surface area contributed by atoms with Crippen molar-refractivity contribution in [2.45, 2.75) is 51.3 Å². The first kappa shape index (κ1) is 19.3. The lowest BCUT2D eigenvalue weighted by Crippen LogP contribution is -2.19. The minimum atomic E-state index is -3.27. The first-order valence-electron chi connectivity index (χ1n) is 8.60. The highest BCUT2D eigenvalue weighted by Crippen LogP contribution is 2.51. The van der Waals surface area contributed by atoms with Crippen molar-refractivity contribution in [1.82, 2.24) is 0 Å². The average molecular weight is 355 g/mol. The summed E-state index contributed by atoms with van der Waals surface area (Å²) < 4.78 is 36.2. The molecule has 1 aliphatic rings. The predicted octanol–water partition coefficient (Wildman–Crippen LogP) is 4.09. The normalized spacial score (nSPS) is 16.8. The topological polar surface area (TPSA) is 52.6 Å². The molecule has 1 saturated carbocycles. The molecule has 5 heteroatoms.